The average Bonchev–Trinajstić information content (AvgIpc) is 2.51. The summed E-state index contributed by atoms with van der Waals surface area (Å²) < 4.78 is 0. The van der Waals surface area contributed by atoms with E-state index in [0.717, 1.165) is 13.0 Å². The maximum absolute atomic E-state index is 9.69. The van der Waals surface area contributed by atoms with Gasteiger partial charge in [-0.1, -0.05) is 13.3 Å². The van der Waals surface area contributed by atoms with Gasteiger partial charge in [0, 0.05) is 12.6 Å². The summed E-state index contributed by atoms with van der Waals surface area (Å²) in [6.45, 7) is 3.43. The summed E-state index contributed by atoms with van der Waals surface area (Å²) >= 11 is 0. The molecule has 2 rings (SSSR count). The highest BCUT2D eigenvalue weighted by Gasteiger charge is 2.36. The Morgan fingerprint density at radius 3 is 2.50 bits per heavy atom. The fourth-order valence-corrected chi connectivity index (χ4v) is 2.86. The molecular formula is C12H23NO. The molecule has 2 saturated carbocycles. The summed E-state index contributed by atoms with van der Waals surface area (Å²) in [5.74, 6) is 0. The van der Waals surface area contributed by atoms with Gasteiger partial charge in [-0.25, -0.2) is 0 Å². The van der Waals surface area contributed by atoms with Crippen LogP contribution in [-0.2, 0) is 0 Å². The first-order chi connectivity index (χ1) is 6.76. The van der Waals surface area contributed by atoms with Crippen LogP contribution in [0, 0.1) is 5.41 Å². The molecule has 2 aliphatic carbocycles. The summed E-state index contributed by atoms with van der Waals surface area (Å²) in [4.78, 5) is 0. The molecular weight excluding hydrogens is 174 g/mol. The molecule has 2 heteroatoms. The minimum absolute atomic E-state index is 0.0796. The third kappa shape index (κ3) is 1.96. The standard InChI is InChI=1S/C12H23NO/c1-2-12(7-4-8-12)9-13-10-5-3-6-11(10)14/h10-11,13-14H,2-9H2,1H3/t10-,11-/m0/s1. The van der Waals surface area contributed by atoms with Crippen molar-refractivity contribution in [3.8, 4) is 0 Å². The van der Waals surface area contributed by atoms with E-state index in [9.17, 15) is 5.11 Å². The maximum Gasteiger partial charge on any atom is 0.0693 e. The molecule has 2 N–H and O–H groups in total. The second kappa shape index (κ2) is 4.19. The van der Waals surface area contributed by atoms with Gasteiger partial charge in [0.2, 0.25) is 0 Å². The number of rotatable bonds is 4. The third-order valence-corrected chi connectivity index (χ3v) is 4.38. The van der Waals surface area contributed by atoms with Gasteiger partial charge in [-0.2, -0.15) is 0 Å². The predicted molar refractivity (Wildman–Crippen MR) is 58.2 cm³/mol. The van der Waals surface area contributed by atoms with Crippen LogP contribution < -0.4 is 5.32 Å². The zero-order valence-electron chi connectivity index (χ0n) is 9.26. The van der Waals surface area contributed by atoms with E-state index >= 15 is 0 Å². The topological polar surface area (TPSA) is 32.3 Å². The molecule has 2 nitrogen and oxygen atoms in total. The zero-order chi connectivity index (χ0) is 10.0. The Balaban J connectivity index is 1.75. The van der Waals surface area contributed by atoms with Crippen molar-refractivity contribution in [2.45, 2.75) is 64.0 Å². The molecule has 0 amide bonds. The Hall–Kier alpha value is -0.0800. The van der Waals surface area contributed by atoms with Gasteiger partial charge in [-0.3, -0.25) is 0 Å². The van der Waals surface area contributed by atoms with Gasteiger partial charge in [0.25, 0.3) is 0 Å². The largest absolute Gasteiger partial charge is 0.392 e. The van der Waals surface area contributed by atoms with Crippen molar-refractivity contribution in [1.82, 2.24) is 5.32 Å². The van der Waals surface area contributed by atoms with Crippen molar-refractivity contribution in [3.63, 3.8) is 0 Å². The molecule has 2 aliphatic rings. The van der Waals surface area contributed by atoms with E-state index in [4.69, 9.17) is 0 Å². The summed E-state index contributed by atoms with van der Waals surface area (Å²) in [5, 5.41) is 13.3. The van der Waals surface area contributed by atoms with Gasteiger partial charge >= 0.3 is 0 Å². The van der Waals surface area contributed by atoms with E-state index in [-0.39, 0.29) is 6.10 Å². The van der Waals surface area contributed by atoms with Crippen molar-refractivity contribution >= 4 is 0 Å². The summed E-state index contributed by atoms with van der Waals surface area (Å²) in [5.41, 5.74) is 0.586. The zero-order valence-corrected chi connectivity index (χ0v) is 9.26. The molecule has 0 spiro atoms. The molecule has 0 unspecified atom stereocenters. The Bertz CT molecular complexity index is 183. The Labute approximate surface area is 87.1 Å². The Morgan fingerprint density at radius 2 is 2.07 bits per heavy atom. The Kier molecular flexibility index (Phi) is 3.13. The highest BCUT2D eigenvalue weighted by Crippen LogP contribution is 2.43. The predicted octanol–water partition coefficient (Wildman–Crippen LogP) is 2.07. The first kappa shape index (κ1) is 10.4. The van der Waals surface area contributed by atoms with Gasteiger partial charge in [-0.05, 0) is 43.9 Å². The lowest BCUT2D eigenvalue weighted by Crippen LogP contribution is -2.45. The lowest BCUT2D eigenvalue weighted by Gasteiger charge is -2.42. The molecule has 0 aromatic carbocycles. The first-order valence-electron chi connectivity index (χ1n) is 6.17. The summed E-state index contributed by atoms with van der Waals surface area (Å²) in [7, 11) is 0. The van der Waals surface area contributed by atoms with E-state index in [1.807, 2.05) is 0 Å². The van der Waals surface area contributed by atoms with Crippen molar-refractivity contribution in [3.05, 3.63) is 0 Å². The van der Waals surface area contributed by atoms with Crippen LogP contribution in [-0.4, -0.2) is 23.8 Å². The molecule has 0 radical (unpaired) electrons. The van der Waals surface area contributed by atoms with E-state index in [1.54, 1.807) is 0 Å². The number of aliphatic hydroxyl groups is 1. The molecule has 2 fully saturated rings. The molecule has 0 aromatic rings. The van der Waals surface area contributed by atoms with E-state index in [2.05, 4.69) is 12.2 Å². The van der Waals surface area contributed by atoms with Crippen molar-refractivity contribution in [2.75, 3.05) is 6.54 Å². The van der Waals surface area contributed by atoms with Crippen LogP contribution in [0.2, 0.25) is 0 Å². The van der Waals surface area contributed by atoms with Crippen molar-refractivity contribution in [2.24, 2.45) is 5.41 Å². The molecule has 0 heterocycles. The number of nitrogens with one attached hydrogen (secondary N) is 1. The molecule has 0 bridgehead atoms. The number of hydrogen-bond donors (Lipinski definition) is 2. The van der Waals surface area contributed by atoms with E-state index < -0.39 is 0 Å². The van der Waals surface area contributed by atoms with Gasteiger partial charge < -0.3 is 10.4 Å². The summed E-state index contributed by atoms with van der Waals surface area (Å²) in [6.07, 6.45) is 8.75. The first-order valence-corrected chi connectivity index (χ1v) is 6.17. The minimum atomic E-state index is -0.0796. The quantitative estimate of drug-likeness (QED) is 0.723. The number of aliphatic hydroxyl groups excluding tert-OH is 1. The van der Waals surface area contributed by atoms with Crippen LogP contribution >= 0.6 is 0 Å². The van der Waals surface area contributed by atoms with Crippen LogP contribution in [0.15, 0.2) is 0 Å². The van der Waals surface area contributed by atoms with Gasteiger partial charge in [0.1, 0.15) is 0 Å². The van der Waals surface area contributed by atoms with Gasteiger partial charge in [0.05, 0.1) is 6.10 Å². The Morgan fingerprint density at radius 1 is 1.29 bits per heavy atom. The van der Waals surface area contributed by atoms with Gasteiger partial charge in [0.15, 0.2) is 0 Å². The fourth-order valence-electron chi connectivity index (χ4n) is 2.86. The van der Waals surface area contributed by atoms with Crippen LogP contribution in [0.25, 0.3) is 0 Å². The normalized spacial score (nSPS) is 35.6. The van der Waals surface area contributed by atoms with E-state index in [0.29, 0.717) is 11.5 Å². The maximum atomic E-state index is 9.69. The van der Waals surface area contributed by atoms with Gasteiger partial charge in [-0.15, -0.1) is 0 Å². The molecule has 0 saturated heterocycles. The highest BCUT2D eigenvalue weighted by atomic mass is 16.3. The molecule has 14 heavy (non-hydrogen) atoms. The van der Waals surface area contributed by atoms with Crippen LogP contribution in [0.1, 0.15) is 51.9 Å². The van der Waals surface area contributed by atoms with Crippen molar-refractivity contribution < 1.29 is 5.11 Å². The lowest BCUT2D eigenvalue weighted by atomic mass is 9.67. The fraction of sp³-hybridized carbons (Fsp3) is 1.00. The van der Waals surface area contributed by atoms with Crippen molar-refractivity contribution in [1.29, 1.82) is 0 Å². The third-order valence-electron chi connectivity index (χ3n) is 4.38. The lowest BCUT2D eigenvalue weighted by molar-refractivity contribution is 0.0964. The monoisotopic (exact) mass is 197 g/mol. The second-order valence-electron chi connectivity index (χ2n) is 5.19. The molecule has 0 aromatic heterocycles. The number of hydrogen-bond acceptors (Lipinski definition) is 2. The smallest absolute Gasteiger partial charge is 0.0693 e. The molecule has 2 atom stereocenters. The summed E-state index contributed by atoms with van der Waals surface area (Å²) in [6, 6.07) is 0.388. The molecule has 82 valence electrons. The van der Waals surface area contributed by atoms with Crippen LogP contribution in [0.5, 0.6) is 0 Å². The van der Waals surface area contributed by atoms with Crippen LogP contribution in [0.3, 0.4) is 0 Å². The molecule has 0 aliphatic heterocycles. The van der Waals surface area contributed by atoms with Crippen LogP contribution in [0.4, 0.5) is 0 Å². The SMILES string of the molecule is CCC1(CN[C@H]2CCC[C@@H]2O)CCC1. The van der Waals surface area contributed by atoms with E-state index in [1.165, 1.54) is 38.5 Å². The average molecular weight is 197 g/mol. The minimum Gasteiger partial charge on any atom is -0.392 e. The highest BCUT2D eigenvalue weighted by molar-refractivity contribution is 4.91. The second-order valence-corrected chi connectivity index (χ2v) is 5.19.